The molecular weight excluding hydrogens is 468 g/mol. The van der Waals surface area contributed by atoms with Crippen LogP contribution >= 0.6 is 12.2 Å². The van der Waals surface area contributed by atoms with Crippen LogP contribution in [0.1, 0.15) is 5.56 Å². The van der Waals surface area contributed by atoms with Gasteiger partial charge in [-0.3, -0.25) is 21.0 Å². The molecule has 0 aromatic heterocycles. The number of aryl methyl sites for hydroxylation is 1. The van der Waals surface area contributed by atoms with E-state index in [4.69, 9.17) is 17.4 Å². The van der Waals surface area contributed by atoms with Crippen LogP contribution in [0.5, 0.6) is 0 Å². The van der Waals surface area contributed by atoms with Crippen LogP contribution in [-0.2, 0) is 20.0 Å². The summed E-state index contributed by atoms with van der Waals surface area (Å²) < 4.78 is 48.5. The van der Waals surface area contributed by atoms with Crippen molar-refractivity contribution >= 4 is 54.4 Å². The number of thiocarbonyl (C=S) groups is 1. The van der Waals surface area contributed by atoms with Gasteiger partial charge in [-0.1, -0.05) is 6.07 Å². The van der Waals surface area contributed by atoms with Crippen molar-refractivity contribution in [3.05, 3.63) is 52.1 Å². The number of rotatable bonds is 7. The van der Waals surface area contributed by atoms with Gasteiger partial charge in [0.05, 0.1) is 14.7 Å². The predicted molar refractivity (Wildman–Crippen MR) is 120 cm³/mol. The minimum atomic E-state index is -4.12. The summed E-state index contributed by atoms with van der Waals surface area (Å²) in [4.78, 5) is 10.1. The molecule has 0 aliphatic heterocycles. The zero-order valence-electron chi connectivity index (χ0n) is 16.6. The minimum absolute atomic E-state index is 0.0210. The van der Waals surface area contributed by atoms with Crippen molar-refractivity contribution in [2.24, 2.45) is 5.14 Å². The lowest BCUT2D eigenvalue weighted by Gasteiger charge is -2.16. The molecule has 31 heavy (non-hydrogen) atoms. The molecular formula is C16H20N6O6S3. The summed E-state index contributed by atoms with van der Waals surface area (Å²) in [5.74, 6) is 0. The molecule has 0 amide bonds. The number of nitro groups is 1. The van der Waals surface area contributed by atoms with Crippen LogP contribution in [-0.4, -0.2) is 45.3 Å². The molecule has 0 saturated heterocycles. The Bertz CT molecular complexity index is 1240. The van der Waals surface area contributed by atoms with Gasteiger partial charge in [0.1, 0.15) is 5.69 Å². The molecule has 2 aromatic rings. The van der Waals surface area contributed by atoms with Crippen LogP contribution in [0, 0.1) is 17.0 Å². The molecule has 2 rings (SSSR count). The van der Waals surface area contributed by atoms with E-state index in [0.29, 0.717) is 11.3 Å². The van der Waals surface area contributed by atoms with Gasteiger partial charge in [0.2, 0.25) is 20.0 Å². The largest absolute Gasteiger partial charge is 0.331 e. The Hall–Kier alpha value is -2.85. The number of nitrogens with zero attached hydrogens (tertiary/aromatic N) is 2. The third-order valence-corrected chi connectivity index (χ3v) is 6.97. The Morgan fingerprint density at radius 1 is 1.06 bits per heavy atom. The van der Waals surface area contributed by atoms with Gasteiger partial charge in [-0.25, -0.2) is 26.3 Å². The first-order chi connectivity index (χ1) is 14.2. The molecule has 0 heterocycles. The minimum Gasteiger partial charge on any atom is -0.331 e. The molecule has 5 N–H and O–H groups in total. The smallest absolute Gasteiger partial charge is 0.295 e. The van der Waals surface area contributed by atoms with E-state index in [-0.39, 0.29) is 15.7 Å². The highest BCUT2D eigenvalue weighted by atomic mass is 32.2. The third-order valence-electron chi connectivity index (χ3n) is 4.04. The summed E-state index contributed by atoms with van der Waals surface area (Å²) in [6, 6.07) is 7.54. The molecule has 0 saturated carbocycles. The SMILES string of the molecule is Cc1ccc(S(=O)(=O)N(C)C)cc1NC(=S)NNc1ccc(S(N)(=O)=O)cc1[N+](=O)[O-]. The lowest BCUT2D eigenvalue weighted by atomic mass is 10.2. The molecule has 15 heteroatoms. The highest BCUT2D eigenvalue weighted by Gasteiger charge is 2.20. The zero-order valence-corrected chi connectivity index (χ0v) is 19.1. The summed E-state index contributed by atoms with van der Waals surface area (Å²) in [5, 5.41) is 19.0. The molecule has 0 atom stereocenters. The highest BCUT2D eigenvalue weighted by Crippen LogP contribution is 2.27. The van der Waals surface area contributed by atoms with E-state index in [2.05, 4.69) is 16.2 Å². The number of nitrogens with one attached hydrogen (secondary N) is 3. The molecule has 2 aromatic carbocycles. The number of hydrogen-bond acceptors (Lipinski definition) is 8. The Labute approximate surface area is 184 Å². The van der Waals surface area contributed by atoms with Crippen molar-refractivity contribution in [1.29, 1.82) is 0 Å². The van der Waals surface area contributed by atoms with Crippen LogP contribution < -0.4 is 21.3 Å². The number of nitrogens with two attached hydrogens (primary N) is 1. The standard InChI is InChI=1S/C16H20N6O6S3/c1-10-4-5-12(31(27,28)21(2)3)8-14(10)18-16(29)20-19-13-7-6-11(30(17,25)26)9-15(13)22(23)24/h4-9,19H,1-3H3,(H2,17,25,26)(H2,18,20,29). The fraction of sp³-hybridized carbons (Fsp3) is 0.188. The van der Waals surface area contributed by atoms with Gasteiger partial charge in [0, 0.05) is 25.8 Å². The second-order valence-electron chi connectivity index (χ2n) is 6.45. The maximum absolute atomic E-state index is 12.3. The number of nitro benzene ring substituents is 1. The number of sulfonamides is 2. The summed E-state index contributed by atoms with van der Waals surface area (Å²) in [6.45, 7) is 1.74. The lowest BCUT2D eigenvalue weighted by Crippen LogP contribution is -2.34. The van der Waals surface area contributed by atoms with E-state index in [9.17, 15) is 26.9 Å². The molecule has 0 radical (unpaired) electrons. The van der Waals surface area contributed by atoms with E-state index < -0.39 is 35.6 Å². The molecule has 0 unspecified atom stereocenters. The fourth-order valence-corrected chi connectivity index (χ4v) is 3.95. The summed E-state index contributed by atoms with van der Waals surface area (Å²) in [7, 11) is -4.96. The van der Waals surface area contributed by atoms with E-state index in [1.54, 1.807) is 13.0 Å². The van der Waals surface area contributed by atoms with Gasteiger partial charge < -0.3 is 5.32 Å². The molecule has 12 nitrogen and oxygen atoms in total. The maximum Gasteiger partial charge on any atom is 0.295 e. The number of primary sulfonamides is 1. The monoisotopic (exact) mass is 488 g/mol. The van der Waals surface area contributed by atoms with Crippen molar-refractivity contribution in [2.75, 3.05) is 24.8 Å². The van der Waals surface area contributed by atoms with E-state index >= 15 is 0 Å². The number of benzene rings is 2. The normalized spacial score (nSPS) is 11.8. The molecule has 0 fully saturated rings. The van der Waals surface area contributed by atoms with Gasteiger partial charge in [0.15, 0.2) is 5.11 Å². The summed E-state index contributed by atoms with van der Waals surface area (Å²) in [6.07, 6.45) is 0. The first kappa shape index (κ1) is 24.4. The van der Waals surface area contributed by atoms with E-state index in [0.717, 1.165) is 22.5 Å². The molecule has 168 valence electrons. The van der Waals surface area contributed by atoms with Crippen molar-refractivity contribution in [3.63, 3.8) is 0 Å². The first-order valence-electron chi connectivity index (χ1n) is 8.41. The average molecular weight is 489 g/mol. The average Bonchev–Trinajstić information content (AvgIpc) is 2.66. The second-order valence-corrected chi connectivity index (χ2v) is 10.6. The van der Waals surface area contributed by atoms with Crippen molar-refractivity contribution in [2.45, 2.75) is 16.7 Å². The summed E-state index contributed by atoms with van der Waals surface area (Å²) in [5.41, 5.74) is 5.54. The van der Waals surface area contributed by atoms with E-state index in [1.807, 2.05) is 0 Å². The van der Waals surface area contributed by atoms with Crippen LogP contribution in [0.3, 0.4) is 0 Å². The number of hydrazine groups is 1. The van der Waals surface area contributed by atoms with Crippen molar-refractivity contribution < 1.29 is 21.8 Å². The highest BCUT2D eigenvalue weighted by molar-refractivity contribution is 7.89. The Kier molecular flexibility index (Phi) is 7.17. The van der Waals surface area contributed by atoms with Crippen LogP contribution in [0.25, 0.3) is 0 Å². The van der Waals surface area contributed by atoms with E-state index in [1.165, 1.54) is 26.2 Å². The fourth-order valence-electron chi connectivity index (χ4n) is 2.33. The number of anilines is 2. The zero-order chi connectivity index (χ0) is 23.6. The molecule has 0 aliphatic carbocycles. The second kappa shape index (κ2) is 9.11. The Morgan fingerprint density at radius 3 is 2.23 bits per heavy atom. The molecule has 0 bridgehead atoms. The van der Waals surface area contributed by atoms with Crippen molar-refractivity contribution in [1.82, 2.24) is 9.73 Å². The Balaban J connectivity index is 2.21. The van der Waals surface area contributed by atoms with Gasteiger partial charge in [-0.05, 0) is 49.0 Å². The molecule has 0 spiro atoms. The van der Waals surface area contributed by atoms with Crippen LogP contribution in [0.2, 0.25) is 0 Å². The summed E-state index contributed by atoms with van der Waals surface area (Å²) >= 11 is 5.15. The molecule has 0 aliphatic rings. The van der Waals surface area contributed by atoms with Gasteiger partial charge in [0.25, 0.3) is 5.69 Å². The van der Waals surface area contributed by atoms with Crippen LogP contribution in [0.15, 0.2) is 46.2 Å². The Morgan fingerprint density at radius 2 is 1.68 bits per heavy atom. The number of hydrogen-bond donors (Lipinski definition) is 4. The van der Waals surface area contributed by atoms with Crippen molar-refractivity contribution in [3.8, 4) is 0 Å². The van der Waals surface area contributed by atoms with Gasteiger partial charge in [-0.15, -0.1) is 0 Å². The quantitative estimate of drug-likeness (QED) is 0.251. The first-order valence-corrected chi connectivity index (χ1v) is 11.8. The third kappa shape index (κ3) is 5.86. The maximum atomic E-state index is 12.3. The van der Waals surface area contributed by atoms with Crippen LogP contribution in [0.4, 0.5) is 17.1 Å². The predicted octanol–water partition coefficient (Wildman–Crippen LogP) is 1.11. The van der Waals surface area contributed by atoms with Gasteiger partial charge in [-0.2, -0.15) is 0 Å². The topological polar surface area (TPSA) is 177 Å². The lowest BCUT2D eigenvalue weighted by molar-refractivity contribution is -0.384. The van der Waals surface area contributed by atoms with Gasteiger partial charge >= 0.3 is 0 Å².